The summed E-state index contributed by atoms with van der Waals surface area (Å²) in [6, 6.07) is 118. The number of anilines is 18. The highest BCUT2D eigenvalue weighted by Gasteiger charge is 2.50. The van der Waals surface area contributed by atoms with Gasteiger partial charge in [-0.1, -0.05) is 176 Å². The molecule has 6 heterocycles. The van der Waals surface area contributed by atoms with E-state index >= 15 is 0 Å². The first-order chi connectivity index (χ1) is 47.2. The Morgan fingerprint density at radius 1 is 0.221 bits per heavy atom. The Morgan fingerprint density at radius 3 is 1.17 bits per heavy atom. The van der Waals surface area contributed by atoms with Gasteiger partial charge in [-0.3, -0.25) is 4.90 Å². The van der Waals surface area contributed by atoms with Crippen LogP contribution in [0.5, 0.6) is 34.5 Å². The van der Waals surface area contributed by atoms with E-state index in [1.165, 1.54) is 16.4 Å². The molecular weight excluding hydrogens is 1160 g/mol. The maximum Gasteiger partial charge on any atom is 0.256 e. The molecule has 0 N–H and O–H groups in total. The third-order valence-corrected chi connectivity index (χ3v) is 19.5. The van der Waals surface area contributed by atoms with Crippen LogP contribution in [0.25, 0.3) is 0 Å². The van der Waals surface area contributed by atoms with E-state index in [0.717, 1.165) is 136 Å². The third-order valence-electron chi connectivity index (χ3n) is 19.5. The Kier molecular flexibility index (Phi) is 11.7. The van der Waals surface area contributed by atoms with Crippen molar-refractivity contribution in [3.63, 3.8) is 0 Å². The fraction of sp³-hybridized carbons (Fsp3) is 0. The van der Waals surface area contributed by atoms with Crippen molar-refractivity contribution in [2.75, 3.05) is 29.4 Å². The second kappa shape index (κ2) is 21.0. The van der Waals surface area contributed by atoms with Gasteiger partial charge in [0.25, 0.3) is 13.4 Å². The number of benzene rings is 14. The zero-order valence-corrected chi connectivity index (χ0v) is 51.2. The van der Waals surface area contributed by atoms with Gasteiger partial charge in [0.1, 0.15) is 11.4 Å². The maximum absolute atomic E-state index is 7.77. The van der Waals surface area contributed by atoms with Gasteiger partial charge in [0.05, 0.1) is 22.7 Å². The summed E-state index contributed by atoms with van der Waals surface area (Å²) in [5, 5.41) is 0. The second-order valence-corrected chi connectivity index (χ2v) is 24.7. The Bertz CT molecular complexity index is 5330. The number of rotatable bonds is 9. The molecule has 0 bridgehead atoms. The minimum atomic E-state index is -0.350. The van der Waals surface area contributed by atoms with Crippen LogP contribution in [0.3, 0.4) is 0 Å². The summed E-state index contributed by atoms with van der Waals surface area (Å²) in [5.74, 6) is 4.23. The lowest BCUT2D eigenvalue weighted by Crippen LogP contribution is -2.64. The molecule has 444 valence electrons. The molecule has 0 aromatic heterocycles. The predicted molar refractivity (Wildman–Crippen MR) is 391 cm³/mol. The lowest BCUT2D eigenvalue weighted by atomic mass is 9.30. The Balaban J connectivity index is 0.896. The SMILES string of the molecule is c1ccc(N(c2ccccc2)c2cc3c4c(c2)N(c2ccccc2)c2cc5c(cc2B4c2ccc4c(c2O3)Oc2cccc3c2N4c2ccccc2O3)B2c3ccccc3N(c3ccccc3)c3cc(N(c4ccccc4)c4ccccc4)cc(c32)N5c2ccccc2)cc1. The highest BCUT2D eigenvalue weighted by Crippen LogP contribution is 2.62. The first kappa shape index (κ1) is 53.1. The molecule has 95 heavy (non-hydrogen) atoms. The normalized spacial score (nSPS) is 13.4. The highest BCUT2D eigenvalue weighted by molar-refractivity contribution is 7.02. The molecule has 0 fully saturated rings. The van der Waals surface area contributed by atoms with Crippen LogP contribution in [-0.2, 0) is 0 Å². The average molecular weight is 1220 g/mol. The molecule has 0 aliphatic carbocycles. The Labute approximate surface area is 551 Å². The number of hydrogen-bond acceptors (Lipinski definition) is 9. The van der Waals surface area contributed by atoms with Crippen LogP contribution in [0.15, 0.2) is 328 Å². The zero-order valence-electron chi connectivity index (χ0n) is 51.2. The van der Waals surface area contributed by atoms with Gasteiger partial charge >= 0.3 is 0 Å². The summed E-state index contributed by atoms with van der Waals surface area (Å²) in [6.07, 6.45) is 0. The van der Waals surface area contributed by atoms with Gasteiger partial charge in [0.2, 0.25) is 0 Å². The molecule has 6 aliphatic rings. The topological polar surface area (TPSA) is 47.1 Å². The Hall–Kier alpha value is -12.6. The highest BCUT2D eigenvalue weighted by atomic mass is 16.5. The third kappa shape index (κ3) is 8.06. The van der Waals surface area contributed by atoms with E-state index in [1.54, 1.807) is 0 Å². The summed E-state index contributed by atoms with van der Waals surface area (Å²) in [5.41, 5.74) is 25.2. The summed E-state index contributed by atoms with van der Waals surface area (Å²) in [4.78, 5) is 14.6. The average Bonchev–Trinajstić information content (AvgIpc) is 0.689. The van der Waals surface area contributed by atoms with E-state index in [4.69, 9.17) is 14.2 Å². The molecule has 9 nitrogen and oxygen atoms in total. The van der Waals surface area contributed by atoms with Crippen LogP contribution in [0.1, 0.15) is 0 Å². The fourth-order valence-electron chi connectivity index (χ4n) is 15.7. The van der Waals surface area contributed by atoms with E-state index in [-0.39, 0.29) is 13.4 Å². The quantitative estimate of drug-likeness (QED) is 0.132. The molecular formula is C84H54B2N6O3. The van der Waals surface area contributed by atoms with E-state index < -0.39 is 0 Å². The number of hydrogen-bond donors (Lipinski definition) is 0. The van der Waals surface area contributed by atoms with Gasteiger partial charge < -0.3 is 38.7 Å². The van der Waals surface area contributed by atoms with Crippen molar-refractivity contribution >= 4 is 149 Å². The van der Waals surface area contributed by atoms with Crippen molar-refractivity contribution < 1.29 is 14.2 Å². The molecule has 0 unspecified atom stereocenters. The van der Waals surface area contributed by atoms with Crippen LogP contribution in [0.4, 0.5) is 102 Å². The molecule has 0 amide bonds. The molecule has 0 saturated heterocycles. The van der Waals surface area contributed by atoms with Gasteiger partial charge in [-0.05, 0) is 178 Å². The van der Waals surface area contributed by atoms with Crippen molar-refractivity contribution in [3.8, 4) is 34.5 Å². The first-order valence-corrected chi connectivity index (χ1v) is 32.4. The van der Waals surface area contributed by atoms with Crippen LogP contribution < -0.4 is 76.4 Å². The lowest BCUT2D eigenvalue weighted by Gasteiger charge is -2.47. The predicted octanol–water partition coefficient (Wildman–Crippen LogP) is 18.8. The monoisotopic (exact) mass is 1220 g/mol. The van der Waals surface area contributed by atoms with Gasteiger partial charge in [0, 0.05) is 80.0 Å². The number of para-hydroxylation sites is 11. The lowest BCUT2D eigenvalue weighted by molar-refractivity contribution is 0.411. The van der Waals surface area contributed by atoms with Crippen molar-refractivity contribution in [2.24, 2.45) is 0 Å². The van der Waals surface area contributed by atoms with E-state index in [0.29, 0.717) is 17.2 Å². The maximum atomic E-state index is 7.77. The summed E-state index contributed by atoms with van der Waals surface area (Å²) in [6.45, 7) is -0.568. The smallest absolute Gasteiger partial charge is 0.256 e. The van der Waals surface area contributed by atoms with Gasteiger partial charge in [-0.25, -0.2) is 0 Å². The van der Waals surface area contributed by atoms with Crippen molar-refractivity contribution in [1.29, 1.82) is 0 Å². The van der Waals surface area contributed by atoms with Crippen molar-refractivity contribution in [2.45, 2.75) is 0 Å². The van der Waals surface area contributed by atoms with Crippen LogP contribution in [0.2, 0.25) is 0 Å². The van der Waals surface area contributed by atoms with Crippen molar-refractivity contribution in [3.05, 3.63) is 328 Å². The molecule has 11 heteroatoms. The largest absolute Gasteiger partial charge is 0.454 e. The van der Waals surface area contributed by atoms with E-state index in [9.17, 15) is 0 Å². The minimum Gasteiger partial charge on any atom is -0.454 e. The molecule has 14 aromatic rings. The van der Waals surface area contributed by atoms with Crippen LogP contribution in [-0.4, -0.2) is 13.4 Å². The second-order valence-electron chi connectivity index (χ2n) is 24.7. The van der Waals surface area contributed by atoms with Crippen LogP contribution in [0, 0.1) is 0 Å². The van der Waals surface area contributed by atoms with Gasteiger partial charge in [-0.15, -0.1) is 0 Å². The standard InChI is InChI=1S/C84H54B2N6O3/c1-8-27-55(28-9-1)87(56-29-10-2-11-30-56)62-49-73-80-74(50-62)90(60-37-18-6-19-38-60)71-54-72-67(53-66(71)85(80)64-41-22-23-42-68(64)89(73)59-35-16-5-17-36-59)86-65-47-48-70-84(94-78-46-26-45-77-82(78)92(70)69-43-24-25-44-76(69)93-77)83(65)95-79-52-63(51-75(81(79)86)91(72)61-39-20-7-21-40-61)88(57-31-12-3-13-32-57)58-33-14-4-15-34-58/h1-54H. The molecule has 14 aromatic carbocycles. The molecule has 0 saturated carbocycles. The van der Waals surface area contributed by atoms with Gasteiger partial charge in [-0.2, -0.15) is 0 Å². The summed E-state index contributed by atoms with van der Waals surface area (Å²) >= 11 is 0. The molecule has 6 aliphatic heterocycles. The van der Waals surface area contributed by atoms with E-state index in [1.807, 2.05) is 30.3 Å². The van der Waals surface area contributed by atoms with Crippen LogP contribution >= 0.6 is 0 Å². The molecule has 0 spiro atoms. The minimum absolute atomic E-state index is 0.218. The molecule has 0 radical (unpaired) electrons. The number of ether oxygens (including phenoxy) is 3. The van der Waals surface area contributed by atoms with E-state index in [2.05, 4.69) is 327 Å². The first-order valence-electron chi connectivity index (χ1n) is 32.4. The summed E-state index contributed by atoms with van der Waals surface area (Å²) < 4.78 is 21.7. The molecule has 0 atom stereocenters. The number of nitrogens with zero attached hydrogens (tertiary/aromatic N) is 6. The molecule has 20 rings (SSSR count). The van der Waals surface area contributed by atoms with Crippen molar-refractivity contribution in [1.82, 2.24) is 0 Å². The van der Waals surface area contributed by atoms with Gasteiger partial charge in [0.15, 0.2) is 28.7 Å². The zero-order chi connectivity index (χ0) is 62.2. The number of fused-ring (bicyclic) bond motifs is 13. The Morgan fingerprint density at radius 2 is 0.632 bits per heavy atom. The summed E-state index contributed by atoms with van der Waals surface area (Å²) in [7, 11) is 0. The fourth-order valence-corrected chi connectivity index (χ4v) is 15.7.